The summed E-state index contributed by atoms with van der Waals surface area (Å²) in [6, 6.07) is 4.90. The number of halogens is 1. The summed E-state index contributed by atoms with van der Waals surface area (Å²) in [5.74, 6) is 2.18. The first-order chi connectivity index (χ1) is 9.52. The van der Waals surface area contributed by atoms with Gasteiger partial charge < -0.3 is 5.32 Å². The van der Waals surface area contributed by atoms with Crippen LogP contribution in [-0.2, 0) is 0 Å². The van der Waals surface area contributed by atoms with E-state index in [0.29, 0.717) is 5.92 Å². The molecule has 1 aliphatic rings. The van der Waals surface area contributed by atoms with Gasteiger partial charge in [0.05, 0.1) is 0 Å². The molecule has 0 amide bonds. The van der Waals surface area contributed by atoms with E-state index in [0.717, 1.165) is 28.7 Å². The number of benzene rings is 1. The minimum Gasteiger partial charge on any atom is -0.388 e. The molecule has 3 atom stereocenters. The van der Waals surface area contributed by atoms with Gasteiger partial charge >= 0.3 is 0 Å². The Morgan fingerprint density at radius 2 is 2.15 bits per heavy atom. The maximum Gasteiger partial charge on any atom is 0.123 e. The molecule has 1 N–H and O–H groups in total. The first-order valence-electron chi connectivity index (χ1n) is 7.35. The highest BCUT2D eigenvalue weighted by molar-refractivity contribution is 5.67. The number of hydrogen-bond donors (Lipinski definition) is 1. The number of allylic oxidation sites excluding steroid dienone is 3. The van der Waals surface area contributed by atoms with Crippen LogP contribution in [0.15, 0.2) is 36.4 Å². The van der Waals surface area contributed by atoms with Gasteiger partial charge in [0.2, 0.25) is 0 Å². The Morgan fingerprint density at radius 1 is 1.45 bits per heavy atom. The monoisotopic (exact) mass is 273 g/mol. The fraction of sp³-hybridized carbons (Fsp3) is 0.444. The minimum atomic E-state index is -0.186. The molecule has 1 saturated carbocycles. The van der Waals surface area contributed by atoms with E-state index in [1.165, 1.54) is 12.5 Å². The maximum absolute atomic E-state index is 13.2. The van der Waals surface area contributed by atoms with Crippen molar-refractivity contribution in [2.24, 2.45) is 17.8 Å². The Kier molecular flexibility index (Phi) is 4.64. The molecule has 1 aromatic rings. The Morgan fingerprint density at radius 3 is 2.70 bits per heavy atom. The Bertz CT molecular complexity index is 530. The van der Waals surface area contributed by atoms with E-state index < -0.39 is 0 Å². The van der Waals surface area contributed by atoms with Crippen LogP contribution in [-0.4, -0.2) is 7.05 Å². The Labute approximate surface area is 121 Å². The van der Waals surface area contributed by atoms with Gasteiger partial charge in [-0.3, -0.25) is 0 Å². The van der Waals surface area contributed by atoms with Gasteiger partial charge in [0, 0.05) is 18.3 Å². The van der Waals surface area contributed by atoms with Crippen LogP contribution >= 0.6 is 0 Å². The molecule has 0 radical (unpaired) electrons. The lowest BCUT2D eigenvalue weighted by atomic mass is 10.0. The van der Waals surface area contributed by atoms with Gasteiger partial charge in [-0.15, -0.1) is 0 Å². The fourth-order valence-corrected chi connectivity index (χ4v) is 2.79. The highest BCUT2D eigenvalue weighted by atomic mass is 19.1. The minimum absolute atomic E-state index is 0.186. The van der Waals surface area contributed by atoms with E-state index in [9.17, 15) is 4.39 Å². The molecule has 1 fully saturated rings. The smallest absolute Gasteiger partial charge is 0.123 e. The number of rotatable bonds is 5. The van der Waals surface area contributed by atoms with E-state index in [-0.39, 0.29) is 5.82 Å². The van der Waals surface area contributed by atoms with Crippen molar-refractivity contribution in [3.8, 4) is 0 Å². The second kappa shape index (κ2) is 6.25. The summed E-state index contributed by atoms with van der Waals surface area (Å²) in [7, 11) is 1.90. The molecule has 0 aromatic heterocycles. The van der Waals surface area contributed by atoms with Crippen LogP contribution < -0.4 is 5.32 Å². The molecule has 2 rings (SSSR count). The number of nitrogens with one attached hydrogen (secondary N) is 1. The average Bonchev–Trinajstić information content (AvgIpc) is 3.13. The van der Waals surface area contributed by atoms with Crippen molar-refractivity contribution < 1.29 is 4.39 Å². The number of aryl methyl sites for hydroxylation is 1. The molecule has 2 unspecified atom stereocenters. The molecule has 0 saturated heterocycles. The zero-order chi connectivity index (χ0) is 14.7. The second-order valence-electron chi connectivity index (χ2n) is 5.91. The van der Waals surface area contributed by atoms with E-state index in [1.807, 2.05) is 20.0 Å². The Balaban J connectivity index is 2.10. The molecule has 0 aliphatic heterocycles. The lowest BCUT2D eigenvalue weighted by Gasteiger charge is -2.10. The van der Waals surface area contributed by atoms with Crippen molar-refractivity contribution in [1.29, 1.82) is 0 Å². The van der Waals surface area contributed by atoms with Crippen molar-refractivity contribution in [3.63, 3.8) is 0 Å². The van der Waals surface area contributed by atoms with Crippen LogP contribution in [0.25, 0.3) is 5.70 Å². The fourth-order valence-electron chi connectivity index (χ4n) is 2.79. The van der Waals surface area contributed by atoms with Crippen LogP contribution in [0.2, 0.25) is 0 Å². The molecule has 108 valence electrons. The first kappa shape index (κ1) is 14.8. The normalized spacial score (nSPS) is 23.9. The third kappa shape index (κ3) is 3.50. The van der Waals surface area contributed by atoms with E-state index in [4.69, 9.17) is 0 Å². The van der Waals surface area contributed by atoms with Crippen molar-refractivity contribution in [2.45, 2.75) is 27.2 Å². The predicted molar refractivity (Wildman–Crippen MR) is 83.7 cm³/mol. The SMILES string of the molecule is CN/C(=C\C=C/C(C)[C@H]1CC1C)c1ccc(F)cc1C. The molecular weight excluding hydrogens is 249 g/mol. The van der Waals surface area contributed by atoms with Gasteiger partial charge in [-0.05, 0) is 60.9 Å². The van der Waals surface area contributed by atoms with Crippen LogP contribution in [0.1, 0.15) is 31.4 Å². The summed E-state index contributed by atoms with van der Waals surface area (Å²) < 4.78 is 13.2. The topological polar surface area (TPSA) is 12.0 Å². The van der Waals surface area contributed by atoms with Crippen LogP contribution in [0.4, 0.5) is 4.39 Å². The standard InChI is InChI=1S/C18H24FN/c1-12(17-11-14(17)3)6-5-7-18(20-4)16-9-8-15(19)10-13(16)2/h5-10,12,14,17,20H,11H2,1-4H3/b6-5-,18-7-/t12?,14?,17-/m1/s1. The molecule has 1 aromatic carbocycles. The number of hydrogen-bond acceptors (Lipinski definition) is 1. The van der Waals surface area contributed by atoms with E-state index >= 15 is 0 Å². The first-order valence-corrected chi connectivity index (χ1v) is 7.35. The van der Waals surface area contributed by atoms with Gasteiger partial charge in [-0.2, -0.15) is 0 Å². The van der Waals surface area contributed by atoms with Crippen molar-refractivity contribution in [3.05, 3.63) is 53.4 Å². The summed E-state index contributed by atoms with van der Waals surface area (Å²) in [6.45, 7) is 6.52. The van der Waals surface area contributed by atoms with Crippen molar-refractivity contribution >= 4 is 5.70 Å². The summed E-state index contributed by atoms with van der Waals surface area (Å²) in [4.78, 5) is 0. The Hall–Kier alpha value is -1.57. The van der Waals surface area contributed by atoms with Crippen molar-refractivity contribution in [2.75, 3.05) is 7.05 Å². The van der Waals surface area contributed by atoms with Crippen molar-refractivity contribution in [1.82, 2.24) is 5.32 Å². The molecule has 0 heterocycles. The second-order valence-corrected chi connectivity index (χ2v) is 5.91. The molecule has 20 heavy (non-hydrogen) atoms. The van der Waals surface area contributed by atoms with Gasteiger partial charge in [0.25, 0.3) is 0 Å². The van der Waals surface area contributed by atoms with Crippen LogP contribution in [0.5, 0.6) is 0 Å². The highest BCUT2D eigenvalue weighted by Gasteiger charge is 2.35. The molecular formula is C18H24FN. The average molecular weight is 273 g/mol. The van der Waals surface area contributed by atoms with E-state index in [2.05, 4.69) is 37.4 Å². The molecule has 1 nitrogen and oxygen atoms in total. The quantitative estimate of drug-likeness (QED) is 0.776. The zero-order valence-electron chi connectivity index (χ0n) is 12.8. The summed E-state index contributed by atoms with van der Waals surface area (Å²) >= 11 is 0. The predicted octanol–water partition coefficient (Wildman–Crippen LogP) is 4.54. The molecule has 1 aliphatic carbocycles. The molecule has 0 spiro atoms. The van der Waals surface area contributed by atoms with Crippen LogP contribution in [0.3, 0.4) is 0 Å². The van der Waals surface area contributed by atoms with E-state index in [1.54, 1.807) is 6.07 Å². The van der Waals surface area contributed by atoms with Gasteiger partial charge in [-0.25, -0.2) is 4.39 Å². The highest BCUT2D eigenvalue weighted by Crippen LogP contribution is 2.44. The molecule has 2 heteroatoms. The lowest BCUT2D eigenvalue weighted by molar-refractivity contribution is 0.586. The summed E-state index contributed by atoms with van der Waals surface area (Å²) in [5, 5.41) is 3.19. The summed E-state index contributed by atoms with van der Waals surface area (Å²) in [6.07, 6.45) is 7.81. The van der Waals surface area contributed by atoms with Crippen LogP contribution in [0, 0.1) is 30.5 Å². The lowest BCUT2D eigenvalue weighted by Crippen LogP contribution is -2.06. The van der Waals surface area contributed by atoms with Gasteiger partial charge in [0.1, 0.15) is 5.82 Å². The summed E-state index contributed by atoms with van der Waals surface area (Å²) in [5.41, 5.74) is 3.02. The molecule has 0 bridgehead atoms. The maximum atomic E-state index is 13.2. The zero-order valence-corrected chi connectivity index (χ0v) is 12.8. The van der Waals surface area contributed by atoms with Gasteiger partial charge in [0.15, 0.2) is 0 Å². The van der Waals surface area contributed by atoms with Gasteiger partial charge in [-0.1, -0.05) is 26.0 Å². The third-order valence-electron chi connectivity index (χ3n) is 4.27. The third-order valence-corrected chi connectivity index (χ3v) is 4.27. The largest absolute Gasteiger partial charge is 0.388 e.